The molecule has 5 nitrogen and oxygen atoms in total. The third-order valence-electron chi connectivity index (χ3n) is 2.57. The Hall–Kier alpha value is -0.650. The van der Waals surface area contributed by atoms with E-state index in [0.29, 0.717) is 13.1 Å². The molecule has 76 valence electrons. The zero-order valence-electron chi connectivity index (χ0n) is 7.55. The molecule has 0 aromatic carbocycles. The molecule has 3 N–H and O–H groups in total. The third-order valence-corrected chi connectivity index (χ3v) is 2.57. The number of aliphatic hydroxyl groups is 2. The first kappa shape index (κ1) is 10.4. The summed E-state index contributed by atoms with van der Waals surface area (Å²) in [5.74, 6) is -1.10. The number of hydrogen-bond acceptors (Lipinski definition) is 4. The summed E-state index contributed by atoms with van der Waals surface area (Å²) in [7, 11) is 0. The molecule has 1 heterocycles. The number of hydrogen-bond donors (Lipinski definition) is 3. The number of aliphatic carboxylic acids is 1. The van der Waals surface area contributed by atoms with Crippen LogP contribution in [0.4, 0.5) is 0 Å². The van der Waals surface area contributed by atoms with Crippen molar-refractivity contribution in [3.8, 4) is 0 Å². The first-order valence-electron chi connectivity index (χ1n) is 4.32. The zero-order chi connectivity index (χ0) is 10.0. The van der Waals surface area contributed by atoms with Gasteiger partial charge in [0.15, 0.2) is 0 Å². The van der Waals surface area contributed by atoms with E-state index in [0.717, 1.165) is 0 Å². The van der Waals surface area contributed by atoms with Gasteiger partial charge in [-0.2, -0.15) is 0 Å². The van der Waals surface area contributed by atoms with Gasteiger partial charge in [0, 0.05) is 25.6 Å². The van der Waals surface area contributed by atoms with Crippen molar-refractivity contribution in [1.29, 1.82) is 0 Å². The quantitative estimate of drug-likeness (QED) is 0.516. The van der Waals surface area contributed by atoms with E-state index in [9.17, 15) is 9.90 Å². The highest BCUT2D eigenvalue weighted by atomic mass is 16.4. The molecule has 1 aliphatic rings. The first-order valence-corrected chi connectivity index (χ1v) is 4.32. The summed E-state index contributed by atoms with van der Waals surface area (Å²) in [6.07, 6.45) is -0.605. The average molecular weight is 189 g/mol. The second-order valence-electron chi connectivity index (χ2n) is 3.48. The molecule has 0 spiro atoms. The van der Waals surface area contributed by atoms with E-state index in [-0.39, 0.29) is 12.5 Å². The van der Waals surface area contributed by atoms with Gasteiger partial charge >= 0.3 is 5.97 Å². The number of rotatable bonds is 3. The summed E-state index contributed by atoms with van der Waals surface area (Å²) >= 11 is 0. The normalized spacial score (nSPS) is 31.9. The van der Waals surface area contributed by atoms with E-state index in [1.165, 1.54) is 0 Å². The Morgan fingerprint density at radius 2 is 2.23 bits per heavy atom. The molecule has 0 radical (unpaired) electrons. The van der Waals surface area contributed by atoms with E-state index >= 15 is 0 Å². The minimum atomic E-state index is -0.897. The number of carboxylic acid groups (broad SMARTS) is 1. The Morgan fingerprint density at radius 1 is 1.62 bits per heavy atom. The molecule has 3 unspecified atom stereocenters. The van der Waals surface area contributed by atoms with Crippen LogP contribution in [-0.2, 0) is 4.79 Å². The van der Waals surface area contributed by atoms with Crippen LogP contribution in [0.5, 0.6) is 0 Å². The second kappa shape index (κ2) is 4.04. The van der Waals surface area contributed by atoms with Crippen LogP contribution in [-0.4, -0.2) is 58.0 Å². The van der Waals surface area contributed by atoms with Gasteiger partial charge in [-0.3, -0.25) is 9.69 Å². The van der Waals surface area contributed by atoms with Gasteiger partial charge in [0.2, 0.25) is 0 Å². The standard InChI is InChI=1S/C8H15NO4/c1-5(8(12)13)9-2-6(4-10)7(11)3-9/h5-7,10-11H,2-4H2,1H3,(H,12,13). The van der Waals surface area contributed by atoms with Gasteiger partial charge in [-0.15, -0.1) is 0 Å². The average Bonchev–Trinajstić information content (AvgIpc) is 2.45. The Labute approximate surface area is 76.6 Å². The van der Waals surface area contributed by atoms with Crippen molar-refractivity contribution in [2.24, 2.45) is 5.92 Å². The predicted octanol–water partition coefficient (Wildman–Crippen LogP) is -1.26. The van der Waals surface area contributed by atoms with Crippen LogP contribution in [0.3, 0.4) is 0 Å². The van der Waals surface area contributed by atoms with Crippen molar-refractivity contribution in [1.82, 2.24) is 4.90 Å². The highest BCUT2D eigenvalue weighted by Crippen LogP contribution is 2.18. The Balaban J connectivity index is 2.52. The molecule has 3 atom stereocenters. The lowest BCUT2D eigenvalue weighted by molar-refractivity contribution is -0.142. The van der Waals surface area contributed by atoms with Gasteiger partial charge in [0.05, 0.1) is 6.10 Å². The number of nitrogens with zero attached hydrogens (tertiary/aromatic N) is 1. The van der Waals surface area contributed by atoms with Crippen LogP contribution in [0.1, 0.15) is 6.92 Å². The Morgan fingerprint density at radius 3 is 2.62 bits per heavy atom. The van der Waals surface area contributed by atoms with Gasteiger partial charge in [-0.25, -0.2) is 0 Å². The number of aliphatic hydroxyl groups excluding tert-OH is 2. The summed E-state index contributed by atoms with van der Waals surface area (Å²) in [5, 5.41) is 26.9. The van der Waals surface area contributed by atoms with E-state index in [2.05, 4.69) is 0 Å². The van der Waals surface area contributed by atoms with Gasteiger partial charge < -0.3 is 15.3 Å². The predicted molar refractivity (Wildman–Crippen MR) is 45.3 cm³/mol. The van der Waals surface area contributed by atoms with E-state index in [1.807, 2.05) is 0 Å². The molecule has 1 fully saturated rings. The summed E-state index contributed by atoms with van der Waals surface area (Å²) < 4.78 is 0. The number of β-amino-alcohol motifs (C(OH)–C–C–N with tert-alkyl or cyclic N) is 1. The van der Waals surface area contributed by atoms with Crippen LogP contribution in [0, 0.1) is 5.92 Å². The van der Waals surface area contributed by atoms with Crippen molar-refractivity contribution in [3.05, 3.63) is 0 Å². The largest absolute Gasteiger partial charge is 0.480 e. The number of likely N-dealkylation sites (tertiary alicyclic amines) is 1. The Bertz CT molecular complexity index is 197. The van der Waals surface area contributed by atoms with Crippen LogP contribution >= 0.6 is 0 Å². The lowest BCUT2D eigenvalue weighted by atomic mass is 10.1. The number of carbonyl (C=O) groups is 1. The van der Waals surface area contributed by atoms with E-state index < -0.39 is 18.1 Å². The highest BCUT2D eigenvalue weighted by Gasteiger charge is 2.35. The maximum atomic E-state index is 10.6. The van der Waals surface area contributed by atoms with E-state index in [1.54, 1.807) is 11.8 Å². The van der Waals surface area contributed by atoms with Crippen LogP contribution in [0.25, 0.3) is 0 Å². The zero-order valence-corrected chi connectivity index (χ0v) is 7.55. The summed E-state index contributed by atoms with van der Waals surface area (Å²) in [5.41, 5.74) is 0. The number of carboxylic acids is 1. The molecule has 0 aromatic rings. The lowest BCUT2D eigenvalue weighted by Crippen LogP contribution is -2.37. The maximum Gasteiger partial charge on any atom is 0.320 e. The first-order chi connectivity index (χ1) is 6.06. The van der Waals surface area contributed by atoms with Gasteiger partial charge in [-0.1, -0.05) is 0 Å². The van der Waals surface area contributed by atoms with Crippen LogP contribution in [0.2, 0.25) is 0 Å². The van der Waals surface area contributed by atoms with Crippen molar-refractivity contribution in [2.75, 3.05) is 19.7 Å². The molecule has 0 saturated carbocycles. The van der Waals surface area contributed by atoms with Gasteiger partial charge in [0.25, 0.3) is 0 Å². The minimum absolute atomic E-state index is 0.0932. The third kappa shape index (κ3) is 2.18. The van der Waals surface area contributed by atoms with E-state index in [4.69, 9.17) is 10.2 Å². The molecular weight excluding hydrogens is 174 g/mol. The second-order valence-corrected chi connectivity index (χ2v) is 3.48. The molecule has 0 bridgehead atoms. The van der Waals surface area contributed by atoms with Gasteiger partial charge in [0.1, 0.15) is 6.04 Å². The molecule has 1 rings (SSSR count). The van der Waals surface area contributed by atoms with Crippen LogP contribution < -0.4 is 0 Å². The van der Waals surface area contributed by atoms with Gasteiger partial charge in [-0.05, 0) is 6.92 Å². The molecule has 1 aliphatic heterocycles. The molecular formula is C8H15NO4. The molecule has 0 aromatic heterocycles. The molecule has 5 heteroatoms. The van der Waals surface area contributed by atoms with Crippen molar-refractivity contribution in [2.45, 2.75) is 19.1 Å². The maximum absolute atomic E-state index is 10.6. The topological polar surface area (TPSA) is 81.0 Å². The molecule has 0 aliphatic carbocycles. The summed E-state index contributed by atoms with van der Waals surface area (Å²) in [6.45, 7) is 2.27. The van der Waals surface area contributed by atoms with Crippen molar-refractivity contribution < 1.29 is 20.1 Å². The summed E-state index contributed by atoms with van der Waals surface area (Å²) in [4.78, 5) is 12.3. The fourth-order valence-electron chi connectivity index (χ4n) is 1.54. The molecule has 0 amide bonds. The van der Waals surface area contributed by atoms with Crippen molar-refractivity contribution >= 4 is 5.97 Å². The fourth-order valence-corrected chi connectivity index (χ4v) is 1.54. The Kier molecular flexibility index (Phi) is 3.24. The molecule has 13 heavy (non-hydrogen) atoms. The fraction of sp³-hybridized carbons (Fsp3) is 0.875. The summed E-state index contributed by atoms with van der Waals surface area (Å²) in [6, 6.07) is -0.591. The van der Waals surface area contributed by atoms with Crippen LogP contribution in [0.15, 0.2) is 0 Å². The SMILES string of the molecule is CC(C(=O)O)N1CC(O)C(CO)C1. The highest BCUT2D eigenvalue weighted by molar-refractivity contribution is 5.72. The lowest BCUT2D eigenvalue weighted by Gasteiger charge is -2.19. The minimum Gasteiger partial charge on any atom is -0.480 e. The monoisotopic (exact) mass is 189 g/mol. The molecule has 1 saturated heterocycles. The van der Waals surface area contributed by atoms with Crippen molar-refractivity contribution in [3.63, 3.8) is 0 Å². The smallest absolute Gasteiger partial charge is 0.320 e.